The van der Waals surface area contributed by atoms with Crippen LogP contribution in [0.25, 0.3) is 0 Å². The maximum atomic E-state index is 11.9. The minimum atomic E-state index is -0.207. The van der Waals surface area contributed by atoms with Gasteiger partial charge in [-0.1, -0.05) is 155 Å². The van der Waals surface area contributed by atoms with Gasteiger partial charge in [0.25, 0.3) is 0 Å². The molecule has 252 valence electrons. The fourth-order valence-corrected chi connectivity index (χ4v) is 5.95. The van der Waals surface area contributed by atoms with E-state index >= 15 is 0 Å². The number of carbonyl (C=O) groups is 2. The van der Waals surface area contributed by atoms with Gasteiger partial charge in [0, 0.05) is 11.5 Å². The van der Waals surface area contributed by atoms with E-state index in [2.05, 4.69) is 13.8 Å². The molecule has 0 saturated heterocycles. The van der Waals surface area contributed by atoms with Gasteiger partial charge < -0.3 is 9.47 Å². The smallest absolute Gasteiger partial charge is 0.311 e. The molecule has 0 heterocycles. The quantitative estimate of drug-likeness (QED) is 0.0406. The van der Waals surface area contributed by atoms with E-state index in [1.54, 1.807) is 24.3 Å². The Labute approximate surface area is 272 Å². The lowest BCUT2D eigenvalue weighted by molar-refractivity contribution is -0.138. The third-order valence-electron chi connectivity index (χ3n) is 7.94. The third-order valence-corrected chi connectivity index (χ3v) is 8.93. The zero-order chi connectivity index (χ0) is 31.3. The van der Waals surface area contributed by atoms with Gasteiger partial charge in [0.2, 0.25) is 0 Å². The van der Waals surface area contributed by atoms with Crippen LogP contribution in [0.2, 0.25) is 0 Å². The zero-order valence-electron chi connectivity index (χ0n) is 28.6. The number of allylic oxidation sites excluding steroid dienone is 2. The number of ether oxygens (including phenoxy) is 2. The van der Waals surface area contributed by atoms with Crippen LogP contribution < -0.4 is 0 Å². The van der Waals surface area contributed by atoms with Crippen molar-refractivity contribution in [3.8, 4) is 0 Å². The van der Waals surface area contributed by atoms with Crippen LogP contribution in [0, 0.1) is 0 Å². The van der Waals surface area contributed by atoms with Gasteiger partial charge in [-0.3, -0.25) is 9.59 Å². The van der Waals surface area contributed by atoms with E-state index < -0.39 is 0 Å². The van der Waals surface area contributed by atoms with E-state index in [4.69, 9.17) is 9.47 Å². The second-order valence-corrected chi connectivity index (χ2v) is 13.4. The molecule has 0 amide bonds. The van der Waals surface area contributed by atoms with Crippen LogP contribution in [-0.4, -0.2) is 23.4 Å². The summed E-state index contributed by atoms with van der Waals surface area (Å²) in [5.41, 5.74) is 0. The van der Waals surface area contributed by atoms with Crippen LogP contribution in [0.4, 0.5) is 0 Å². The highest BCUT2D eigenvalue weighted by atomic mass is 32.2. The molecule has 0 atom stereocenters. The molecule has 43 heavy (non-hydrogen) atoms. The van der Waals surface area contributed by atoms with Crippen molar-refractivity contribution in [3.63, 3.8) is 0 Å². The molecule has 0 aromatic rings. The largest absolute Gasteiger partial charge is 0.435 e. The Kier molecular flexibility index (Phi) is 35.9. The number of thioether (sulfide) groups is 1. The molecule has 5 heteroatoms. The summed E-state index contributed by atoms with van der Waals surface area (Å²) in [6.07, 6.45) is 42.1. The maximum Gasteiger partial charge on any atom is 0.311 e. The lowest BCUT2D eigenvalue weighted by atomic mass is 10.0. The Morgan fingerprint density at radius 3 is 1.02 bits per heavy atom. The molecule has 0 aliphatic heterocycles. The molecule has 0 fully saturated rings. The summed E-state index contributed by atoms with van der Waals surface area (Å²) in [4.78, 5) is 23.7. The van der Waals surface area contributed by atoms with Crippen molar-refractivity contribution >= 4 is 23.7 Å². The van der Waals surface area contributed by atoms with E-state index in [-0.39, 0.29) is 11.9 Å². The molecule has 4 nitrogen and oxygen atoms in total. The second-order valence-electron chi connectivity index (χ2n) is 12.2. The van der Waals surface area contributed by atoms with Gasteiger partial charge in [-0.25, -0.2) is 0 Å². The third kappa shape index (κ3) is 36.9. The molecular weight excluding hydrogens is 552 g/mol. The number of rotatable bonds is 34. The Morgan fingerprint density at radius 1 is 0.442 bits per heavy atom. The van der Waals surface area contributed by atoms with Crippen molar-refractivity contribution in [2.45, 2.75) is 194 Å². The fraction of sp³-hybridized carbons (Fsp3) is 0.842. The van der Waals surface area contributed by atoms with E-state index in [0.29, 0.717) is 24.3 Å². The van der Waals surface area contributed by atoms with Gasteiger partial charge in [0.15, 0.2) is 0 Å². The van der Waals surface area contributed by atoms with Crippen molar-refractivity contribution in [3.05, 3.63) is 24.7 Å². The summed E-state index contributed by atoms with van der Waals surface area (Å²) in [6, 6.07) is 0. The zero-order valence-corrected chi connectivity index (χ0v) is 29.4. The summed E-state index contributed by atoms with van der Waals surface area (Å²) in [6.45, 7) is 4.54. The predicted octanol–water partition coefficient (Wildman–Crippen LogP) is 12.8. The maximum absolute atomic E-state index is 11.9. The number of hydrogen-bond donors (Lipinski definition) is 0. The molecular formula is C38H70O4S. The first-order valence-corrected chi connectivity index (χ1v) is 19.6. The van der Waals surface area contributed by atoms with Crippen LogP contribution in [0.5, 0.6) is 0 Å². The van der Waals surface area contributed by atoms with Crippen LogP contribution >= 0.6 is 11.8 Å². The van der Waals surface area contributed by atoms with Crippen molar-refractivity contribution in [2.24, 2.45) is 0 Å². The number of carbonyl (C=O) groups excluding carboxylic acids is 2. The molecule has 0 unspecified atom stereocenters. The van der Waals surface area contributed by atoms with E-state index in [1.165, 1.54) is 141 Å². The first-order chi connectivity index (χ1) is 21.2. The van der Waals surface area contributed by atoms with Crippen LogP contribution in [0.3, 0.4) is 0 Å². The van der Waals surface area contributed by atoms with Gasteiger partial charge in [-0.05, 0) is 37.8 Å². The van der Waals surface area contributed by atoms with Gasteiger partial charge in [-0.2, -0.15) is 11.8 Å². The van der Waals surface area contributed by atoms with E-state index in [1.807, 2.05) is 12.2 Å². The monoisotopic (exact) mass is 622 g/mol. The molecule has 0 rings (SSSR count). The van der Waals surface area contributed by atoms with Crippen LogP contribution in [0.1, 0.15) is 194 Å². The molecule has 0 aromatic heterocycles. The molecule has 0 radical (unpaired) electrons. The Bertz CT molecular complexity index is 592. The number of hydrogen-bond acceptors (Lipinski definition) is 5. The Balaban J connectivity index is 3.37. The number of unbranched alkanes of at least 4 members (excludes halogenated alkanes) is 24. The lowest BCUT2D eigenvalue weighted by Crippen LogP contribution is -2.03. The highest BCUT2D eigenvalue weighted by molar-refractivity contribution is 7.99. The first-order valence-electron chi connectivity index (χ1n) is 18.5. The van der Waals surface area contributed by atoms with Crippen LogP contribution in [-0.2, 0) is 19.1 Å². The summed E-state index contributed by atoms with van der Waals surface area (Å²) < 4.78 is 10.4. The molecule has 0 N–H and O–H groups in total. The Morgan fingerprint density at radius 2 is 0.721 bits per heavy atom. The summed E-state index contributed by atoms with van der Waals surface area (Å²) in [5, 5.41) is 0. The van der Waals surface area contributed by atoms with Gasteiger partial charge in [0.05, 0.1) is 25.4 Å². The van der Waals surface area contributed by atoms with Gasteiger partial charge in [0.1, 0.15) is 0 Å². The molecule has 0 bridgehead atoms. The van der Waals surface area contributed by atoms with Crippen molar-refractivity contribution in [2.75, 3.05) is 11.5 Å². The predicted molar refractivity (Wildman–Crippen MR) is 188 cm³/mol. The van der Waals surface area contributed by atoms with E-state index in [9.17, 15) is 9.59 Å². The number of esters is 2. The SMILES string of the molecule is CCCCCCCCCCCCCCC=COC(=O)CCSCCC(=O)OC=CCCCCCCCCCCCCCC. The lowest BCUT2D eigenvalue weighted by Gasteiger charge is -2.02. The minimum absolute atomic E-state index is 0.207. The average molecular weight is 623 g/mol. The van der Waals surface area contributed by atoms with Gasteiger partial charge >= 0.3 is 11.9 Å². The summed E-state index contributed by atoms with van der Waals surface area (Å²) in [7, 11) is 0. The molecule has 0 saturated carbocycles. The second kappa shape index (κ2) is 37.0. The van der Waals surface area contributed by atoms with E-state index in [0.717, 1.165) is 25.7 Å². The highest BCUT2D eigenvalue weighted by Gasteiger charge is 2.04. The van der Waals surface area contributed by atoms with Crippen molar-refractivity contribution in [1.82, 2.24) is 0 Å². The first kappa shape index (κ1) is 41.8. The molecule has 0 aromatic carbocycles. The fourth-order valence-electron chi connectivity index (χ4n) is 5.12. The van der Waals surface area contributed by atoms with Crippen molar-refractivity contribution < 1.29 is 19.1 Å². The van der Waals surface area contributed by atoms with Gasteiger partial charge in [-0.15, -0.1) is 0 Å². The minimum Gasteiger partial charge on any atom is -0.435 e. The average Bonchev–Trinajstić information content (AvgIpc) is 3.00. The molecule has 0 spiro atoms. The highest BCUT2D eigenvalue weighted by Crippen LogP contribution is 2.14. The van der Waals surface area contributed by atoms with Crippen molar-refractivity contribution in [1.29, 1.82) is 0 Å². The summed E-state index contributed by atoms with van der Waals surface area (Å²) in [5.74, 6) is 0.907. The normalized spacial score (nSPS) is 11.6. The Hall–Kier alpha value is -1.23. The van der Waals surface area contributed by atoms with Crippen LogP contribution in [0.15, 0.2) is 24.7 Å². The molecule has 0 aliphatic rings. The topological polar surface area (TPSA) is 52.6 Å². The summed E-state index contributed by atoms with van der Waals surface area (Å²) >= 11 is 1.59. The standard InChI is InChI=1S/C38H70O4S/c1-3-5-7-9-11-13-15-17-19-21-23-25-27-29-33-41-37(39)31-35-43-36-32-38(40)42-34-30-28-26-24-22-20-18-16-14-12-10-8-6-4-2/h29-30,33-34H,3-28,31-32,35-36H2,1-2H3. The molecule has 0 aliphatic carbocycles.